The first-order chi connectivity index (χ1) is 13.6. The zero-order valence-electron chi connectivity index (χ0n) is 15.2. The van der Waals surface area contributed by atoms with E-state index >= 15 is 0 Å². The smallest absolute Gasteiger partial charge is 0.261 e. The van der Waals surface area contributed by atoms with Crippen molar-refractivity contribution in [3.05, 3.63) is 59.5 Å². The molecule has 28 heavy (non-hydrogen) atoms. The number of primary amides is 1. The molecule has 3 N–H and O–H groups in total. The van der Waals surface area contributed by atoms with Gasteiger partial charge in [0.15, 0.2) is 5.13 Å². The van der Waals surface area contributed by atoms with Crippen LogP contribution < -0.4 is 20.7 Å². The largest absolute Gasteiger partial charge is 0.457 e. The fraction of sp³-hybridized carbons (Fsp3) is 0.238. The number of anilines is 1. The Bertz CT molecular complexity index is 1000. The van der Waals surface area contributed by atoms with Crippen LogP contribution in [0.25, 0.3) is 11.3 Å². The lowest BCUT2D eigenvalue weighted by atomic mass is 9.75. The third-order valence-electron chi connectivity index (χ3n) is 5.27. The number of thiazole rings is 1. The number of para-hydroxylation sites is 1. The molecule has 0 unspecified atom stereocenters. The summed E-state index contributed by atoms with van der Waals surface area (Å²) in [4.78, 5) is 19.5. The highest BCUT2D eigenvalue weighted by Crippen LogP contribution is 2.41. The molecule has 1 amide bonds. The van der Waals surface area contributed by atoms with Gasteiger partial charge in [-0.15, -0.1) is 0 Å². The average molecular weight is 392 g/mol. The van der Waals surface area contributed by atoms with Gasteiger partial charge in [0, 0.05) is 37.2 Å². The minimum Gasteiger partial charge on any atom is -0.457 e. The number of nitrogens with zero attached hydrogens (tertiary/aromatic N) is 2. The Morgan fingerprint density at radius 3 is 2.36 bits per heavy atom. The molecule has 0 saturated carbocycles. The van der Waals surface area contributed by atoms with Crippen molar-refractivity contribution in [1.82, 2.24) is 10.3 Å². The normalized spacial score (nSPS) is 17.1. The molecule has 3 aromatic rings. The van der Waals surface area contributed by atoms with Crippen molar-refractivity contribution in [3.8, 4) is 22.8 Å². The molecule has 1 aromatic heterocycles. The second-order valence-electron chi connectivity index (χ2n) is 7.44. The molecule has 2 aromatic carbocycles. The molecule has 0 radical (unpaired) electrons. The average Bonchev–Trinajstić information content (AvgIpc) is 3.06. The molecule has 5 rings (SSSR count). The minimum absolute atomic E-state index is 0.398. The van der Waals surface area contributed by atoms with Gasteiger partial charge in [0.25, 0.3) is 5.91 Å². The van der Waals surface area contributed by atoms with Gasteiger partial charge in [-0.25, -0.2) is 4.98 Å². The number of carbonyl (C=O) groups excluding carboxylic acids is 1. The highest BCUT2D eigenvalue weighted by atomic mass is 32.1. The molecule has 0 atom stereocenters. The summed E-state index contributed by atoms with van der Waals surface area (Å²) in [5.41, 5.74) is 7.53. The van der Waals surface area contributed by atoms with Crippen LogP contribution in [0.2, 0.25) is 0 Å². The van der Waals surface area contributed by atoms with E-state index in [4.69, 9.17) is 15.5 Å². The van der Waals surface area contributed by atoms with Crippen molar-refractivity contribution in [2.24, 2.45) is 11.1 Å². The Morgan fingerprint density at radius 1 is 1.07 bits per heavy atom. The summed E-state index contributed by atoms with van der Waals surface area (Å²) in [7, 11) is 0. The standard InChI is InChI=1S/C21H20N4O2S/c22-19(26)18-17(24-20(28-18)25-12-21(13-25)10-23-11-21)14-6-8-16(9-7-14)27-15-4-2-1-3-5-15/h1-9,23H,10-13H2,(H2,22,26). The predicted molar refractivity (Wildman–Crippen MR) is 110 cm³/mol. The molecular weight excluding hydrogens is 372 g/mol. The summed E-state index contributed by atoms with van der Waals surface area (Å²) in [5.74, 6) is 1.07. The molecule has 142 valence electrons. The number of nitrogens with two attached hydrogens (primary N) is 1. The van der Waals surface area contributed by atoms with Gasteiger partial charge in [-0.1, -0.05) is 29.5 Å². The lowest BCUT2D eigenvalue weighted by molar-refractivity contribution is 0.100. The van der Waals surface area contributed by atoms with Crippen LogP contribution in [-0.2, 0) is 0 Å². The van der Waals surface area contributed by atoms with Gasteiger partial charge < -0.3 is 20.7 Å². The number of benzene rings is 2. The zero-order chi connectivity index (χ0) is 19.1. The first-order valence-corrected chi connectivity index (χ1v) is 10.0. The Morgan fingerprint density at radius 2 is 1.75 bits per heavy atom. The number of carbonyl (C=O) groups is 1. The van der Waals surface area contributed by atoms with Crippen LogP contribution in [0.3, 0.4) is 0 Å². The van der Waals surface area contributed by atoms with Crippen molar-refractivity contribution >= 4 is 22.4 Å². The van der Waals surface area contributed by atoms with Gasteiger partial charge in [0.1, 0.15) is 16.4 Å². The van der Waals surface area contributed by atoms with E-state index in [0.717, 1.165) is 48.4 Å². The predicted octanol–water partition coefficient (Wildman–Crippen LogP) is 3.11. The summed E-state index contributed by atoms with van der Waals surface area (Å²) in [6.07, 6.45) is 0. The second-order valence-corrected chi connectivity index (χ2v) is 8.42. The number of ether oxygens (including phenoxy) is 1. The maximum atomic E-state index is 12.0. The van der Waals surface area contributed by atoms with Crippen molar-refractivity contribution in [1.29, 1.82) is 0 Å². The van der Waals surface area contributed by atoms with Gasteiger partial charge >= 0.3 is 0 Å². The summed E-state index contributed by atoms with van der Waals surface area (Å²) in [5, 5.41) is 4.20. The molecule has 1 spiro atoms. The zero-order valence-corrected chi connectivity index (χ0v) is 16.0. The van der Waals surface area contributed by atoms with Gasteiger partial charge in [-0.3, -0.25) is 4.79 Å². The lowest BCUT2D eigenvalue weighted by Crippen LogP contribution is -2.71. The van der Waals surface area contributed by atoms with Gasteiger partial charge in [0.2, 0.25) is 0 Å². The molecule has 7 heteroatoms. The van der Waals surface area contributed by atoms with Crippen LogP contribution in [-0.4, -0.2) is 37.1 Å². The quantitative estimate of drug-likeness (QED) is 0.697. The molecule has 3 heterocycles. The highest BCUT2D eigenvalue weighted by molar-refractivity contribution is 7.18. The molecule has 0 bridgehead atoms. The van der Waals surface area contributed by atoms with E-state index in [0.29, 0.717) is 16.0 Å². The van der Waals surface area contributed by atoms with Crippen molar-refractivity contribution in [2.75, 3.05) is 31.1 Å². The maximum Gasteiger partial charge on any atom is 0.261 e. The van der Waals surface area contributed by atoms with E-state index in [-0.39, 0.29) is 0 Å². The topological polar surface area (TPSA) is 80.5 Å². The van der Waals surface area contributed by atoms with Crippen LogP contribution in [0.4, 0.5) is 5.13 Å². The fourth-order valence-electron chi connectivity index (χ4n) is 3.71. The van der Waals surface area contributed by atoms with Crippen LogP contribution in [0.5, 0.6) is 11.5 Å². The third-order valence-corrected chi connectivity index (χ3v) is 6.40. The van der Waals surface area contributed by atoms with E-state index in [1.54, 1.807) is 0 Å². The number of hydrogen-bond acceptors (Lipinski definition) is 6. The highest BCUT2D eigenvalue weighted by Gasteiger charge is 2.48. The SMILES string of the molecule is NC(=O)c1sc(N2CC3(CNC3)C2)nc1-c1ccc(Oc2ccccc2)cc1. The number of rotatable bonds is 5. The maximum absolute atomic E-state index is 12.0. The summed E-state index contributed by atoms with van der Waals surface area (Å²) < 4.78 is 5.83. The Labute approximate surface area is 167 Å². The molecule has 2 fully saturated rings. The summed E-state index contributed by atoms with van der Waals surface area (Å²) in [6, 6.07) is 17.2. The third kappa shape index (κ3) is 3.02. The molecular formula is C21H20N4O2S. The number of nitrogens with one attached hydrogen (secondary N) is 1. The Hall–Kier alpha value is -2.90. The Balaban J connectivity index is 1.38. The summed E-state index contributed by atoms with van der Waals surface area (Å²) in [6.45, 7) is 4.09. The molecule has 2 saturated heterocycles. The van der Waals surface area contributed by atoms with E-state index in [1.165, 1.54) is 11.3 Å². The number of hydrogen-bond donors (Lipinski definition) is 2. The van der Waals surface area contributed by atoms with E-state index in [1.807, 2.05) is 54.6 Å². The molecule has 2 aliphatic rings. The van der Waals surface area contributed by atoms with E-state index in [9.17, 15) is 4.79 Å². The molecule has 2 aliphatic heterocycles. The fourth-order valence-corrected chi connectivity index (χ4v) is 4.65. The van der Waals surface area contributed by atoms with E-state index < -0.39 is 5.91 Å². The van der Waals surface area contributed by atoms with Crippen LogP contribution in [0, 0.1) is 5.41 Å². The molecule has 0 aliphatic carbocycles. The van der Waals surface area contributed by atoms with Gasteiger partial charge in [-0.05, 0) is 36.4 Å². The minimum atomic E-state index is -0.441. The summed E-state index contributed by atoms with van der Waals surface area (Å²) >= 11 is 1.38. The van der Waals surface area contributed by atoms with Crippen molar-refractivity contribution < 1.29 is 9.53 Å². The monoisotopic (exact) mass is 392 g/mol. The van der Waals surface area contributed by atoms with E-state index in [2.05, 4.69) is 10.2 Å². The number of amides is 1. The van der Waals surface area contributed by atoms with Crippen molar-refractivity contribution in [2.45, 2.75) is 0 Å². The van der Waals surface area contributed by atoms with Crippen LogP contribution in [0.15, 0.2) is 54.6 Å². The van der Waals surface area contributed by atoms with Gasteiger partial charge in [0.05, 0.1) is 5.69 Å². The van der Waals surface area contributed by atoms with Crippen molar-refractivity contribution in [3.63, 3.8) is 0 Å². The molecule has 6 nitrogen and oxygen atoms in total. The lowest BCUT2D eigenvalue weighted by Gasteiger charge is -2.56. The number of aromatic nitrogens is 1. The Kier molecular flexibility index (Phi) is 4.07. The van der Waals surface area contributed by atoms with Crippen LogP contribution >= 0.6 is 11.3 Å². The van der Waals surface area contributed by atoms with Crippen LogP contribution in [0.1, 0.15) is 9.67 Å². The first kappa shape index (κ1) is 17.2. The second kappa shape index (κ2) is 6.61. The van der Waals surface area contributed by atoms with Gasteiger partial charge in [-0.2, -0.15) is 0 Å². The first-order valence-electron chi connectivity index (χ1n) is 9.22.